The number of ether oxygens (including phenoxy) is 1. The molecule has 0 bridgehead atoms. The van der Waals surface area contributed by atoms with Gasteiger partial charge in [-0.25, -0.2) is 4.98 Å². The van der Waals surface area contributed by atoms with Gasteiger partial charge in [-0.15, -0.1) is 0 Å². The Kier molecular flexibility index (Phi) is 2.87. The quantitative estimate of drug-likeness (QED) is 0.830. The predicted octanol–water partition coefficient (Wildman–Crippen LogP) is 0.872. The molecule has 16 heavy (non-hydrogen) atoms. The van der Waals surface area contributed by atoms with Gasteiger partial charge in [0.05, 0.1) is 19.3 Å². The zero-order valence-corrected chi connectivity index (χ0v) is 9.29. The van der Waals surface area contributed by atoms with Crippen LogP contribution >= 0.6 is 0 Å². The lowest BCUT2D eigenvalue weighted by Gasteiger charge is -2.12. The number of imidazole rings is 1. The Bertz CT molecular complexity index is 480. The SMILES string of the molecule is COc1cncc(C(N)c2nccn2C)c1. The largest absolute Gasteiger partial charge is 0.495 e. The van der Waals surface area contributed by atoms with Crippen molar-refractivity contribution in [2.45, 2.75) is 6.04 Å². The molecule has 2 N–H and O–H groups in total. The Balaban J connectivity index is 2.33. The summed E-state index contributed by atoms with van der Waals surface area (Å²) >= 11 is 0. The van der Waals surface area contributed by atoms with E-state index in [0.29, 0.717) is 5.75 Å². The van der Waals surface area contributed by atoms with Gasteiger partial charge in [-0.05, 0) is 11.6 Å². The Labute approximate surface area is 93.9 Å². The van der Waals surface area contributed by atoms with Gasteiger partial charge in [-0.3, -0.25) is 4.98 Å². The first kappa shape index (κ1) is 10.6. The summed E-state index contributed by atoms with van der Waals surface area (Å²) in [5.74, 6) is 1.50. The molecule has 0 amide bonds. The van der Waals surface area contributed by atoms with Crippen LogP contribution in [0, 0.1) is 0 Å². The van der Waals surface area contributed by atoms with Crippen LogP contribution in [0.3, 0.4) is 0 Å². The summed E-state index contributed by atoms with van der Waals surface area (Å²) in [6.45, 7) is 0. The first-order valence-corrected chi connectivity index (χ1v) is 4.94. The van der Waals surface area contributed by atoms with Crippen molar-refractivity contribution >= 4 is 0 Å². The second-order valence-electron chi connectivity index (χ2n) is 3.53. The van der Waals surface area contributed by atoms with Gasteiger partial charge in [0.2, 0.25) is 0 Å². The maximum absolute atomic E-state index is 6.11. The monoisotopic (exact) mass is 218 g/mol. The number of pyridine rings is 1. The van der Waals surface area contributed by atoms with Crippen LogP contribution in [-0.2, 0) is 7.05 Å². The van der Waals surface area contributed by atoms with Crippen LogP contribution in [0.5, 0.6) is 5.75 Å². The lowest BCUT2D eigenvalue weighted by atomic mass is 10.1. The fourth-order valence-corrected chi connectivity index (χ4v) is 1.54. The zero-order chi connectivity index (χ0) is 11.5. The van der Waals surface area contributed by atoms with Crippen molar-refractivity contribution < 1.29 is 4.74 Å². The maximum atomic E-state index is 6.11. The van der Waals surface area contributed by atoms with Gasteiger partial charge in [-0.2, -0.15) is 0 Å². The number of nitrogens with two attached hydrogens (primary N) is 1. The fraction of sp³-hybridized carbons (Fsp3) is 0.273. The second-order valence-corrected chi connectivity index (χ2v) is 3.53. The minimum absolute atomic E-state index is 0.289. The molecule has 84 valence electrons. The van der Waals surface area contributed by atoms with E-state index in [9.17, 15) is 0 Å². The van der Waals surface area contributed by atoms with E-state index in [0.717, 1.165) is 11.4 Å². The Morgan fingerprint density at radius 3 is 2.88 bits per heavy atom. The molecule has 2 aromatic rings. The van der Waals surface area contributed by atoms with Crippen LogP contribution in [0.4, 0.5) is 0 Å². The molecule has 1 unspecified atom stereocenters. The normalized spacial score (nSPS) is 12.4. The van der Waals surface area contributed by atoms with E-state index in [1.807, 2.05) is 23.9 Å². The molecule has 2 aromatic heterocycles. The highest BCUT2D eigenvalue weighted by molar-refractivity contribution is 5.29. The molecule has 2 rings (SSSR count). The van der Waals surface area contributed by atoms with Gasteiger partial charge >= 0.3 is 0 Å². The van der Waals surface area contributed by atoms with Crippen LogP contribution in [-0.4, -0.2) is 21.6 Å². The summed E-state index contributed by atoms with van der Waals surface area (Å²) in [6.07, 6.45) is 6.96. The van der Waals surface area contributed by atoms with Crippen molar-refractivity contribution in [1.82, 2.24) is 14.5 Å². The third-order valence-electron chi connectivity index (χ3n) is 2.47. The van der Waals surface area contributed by atoms with Crippen LogP contribution in [0.15, 0.2) is 30.9 Å². The van der Waals surface area contributed by atoms with Crippen LogP contribution < -0.4 is 10.5 Å². The summed E-state index contributed by atoms with van der Waals surface area (Å²) in [7, 11) is 3.52. The van der Waals surface area contributed by atoms with E-state index < -0.39 is 0 Å². The number of hydrogen-bond acceptors (Lipinski definition) is 4. The molecular formula is C11H14N4O. The van der Waals surface area contributed by atoms with Crippen LogP contribution in [0.1, 0.15) is 17.4 Å². The van der Waals surface area contributed by atoms with Gasteiger partial charge in [0.1, 0.15) is 11.6 Å². The second kappa shape index (κ2) is 4.32. The van der Waals surface area contributed by atoms with Gasteiger partial charge in [-0.1, -0.05) is 0 Å². The third kappa shape index (κ3) is 1.90. The van der Waals surface area contributed by atoms with Crippen LogP contribution in [0.25, 0.3) is 0 Å². The third-order valence-corrected chi connectivity index (χ3v) is 2.47. The molecule has 0 saturated heterocycles. The molecule has 5 nitrogen and oxygen atoms in total. The molecule has 0 spiro atoms. The standard InChI is InChI=1S/C11H14N4O/c1-15-4-3-14-11(15)10(12)8-5-9(16-2)7-13-6-8/h3-7,10H,12H2,1-2H3. The fourth-order valence-electron chi connectivity index (χ4n) is 1.54. The lowest BCUT2D eigenvalue weighted by molar-refractivity contribution is 0.412. The molecular weight excluding hydrogens is 204 g/mol. The van der Waals surface area contributed by atoms with Crippen molar-refractivity contribution in [2.75, 3.05) is 7.11 Å². The van der Waals surface area contributed by atoms with E-state index in [-0.39, 0.29) is 6.04 Å². The number of aryl methyl sites for hydroxylation is 1. The van der Waals surface area contributed by atoms with Crippen molar-refractivity contribution in [1.29, 1.82) is 0 Å². The summed E-state index contributed by atoms with van der Waals surface area (Å²) in [6, 6.07) is 1.58. The molecule has 2 heterocycles. The summed E-state index contributed by atoms with van der Waals surface area (Å²) in [4.78, 5) is 8.29. The molecule has 1 atom stereocenters. The molecule has 0 saturated carbocycles. The number of hydrogen-bond donors (Lipinski definition) is 1. The summed E-state index contributed by atoms with van der Waals surface area (Å²) in [5, 5.41) is 0. The minimum Gasteiger partial charge on any atom is -0.495 e. The zero-order valence-electron chi connectivity index (χ0n) is 9.29. The van der Waals surface area contributed by atoms with E-state index in [1.165, 1.54) is 0 Å². The Morgan fingerprint density at radius 2 is 2.25 bits per heavy atom. The number of nitrogens with zero attached hydrogens (tertiary/aromatic N) is 3. The number of aromatic nitrogens is 3. The number of rotatable bonds is 3. The average Bonchev–Trinajstić information content (AvgIpc) is 2.74. The van der Waals surface area contributed by atoms with Gasteiger partial charge in [0.15, 0.2) is 0 Å². The average molecular weight is 218 g/mol. The van der Waals surface area contributed by atoms with E-state index in [1.54, 1.807) is 25.7 Å². The summed E-state index contributed by atoms with van der Waals surface area (Å²) < 4.78 is 7.00. The minimum atomic E-state index is -0.289. The van der Waals surface area contributed by atoms with E-state index in [2.05, 4.69) is 9.97 Å². The van der Waals surface area contributed by atoms with Gasteiger partial charge < -0.3 is 15.0 Å². The van der Waals surface area contributed by atoms with E-state index >= 15 is 0 Å². The van der Waals surface area contributed by atoms with Crippen molar-refractivity contribution in [3.8, 4) is 5.75 Å². The molecule has 0 aliphatic heterocycles. The van der Waals surface area contributed by atoms with Crippen molar-refractivity contribution in [3.05, 3.63) is 42.2 Å². The van der Waals surface area contributed by atoms with E-state index in [4.69, 9.17) is 10.5 Å². The van der Waals surface area contributed by atoms with Crippen molar-refractivity contribution in [3.63, 3.8) is 0 Å². The van der Waals surface area contributed by atoms with Crippen LogP contribution in [0.2, 0.25) is 0 Å². The first-order chi connectivity index (χ1) is 7.72. The topological polar surface area (TPSA) is 66.0 Å². The molecule has 0 aliphatic carbocycles. The molecule has 0 aliphatic rings. The van der Waals surface area contributed by atoms with Gasteiger partial charge in [0.25, 0.3) is 0 Å². The highest BCUT2D eigenvalue weighted by Crippen LogP contribution is 2.20. The molecule has 0 fully saturated rings. The lowest BCUT2D eigenvalue weighted by Crippen LogP contribution is -2.16. The first-order valence-electron chi connectivity index (χ1n) is 4.94. The molecule has 0 aromatic carbocycles. The predicted molar refractivity (Wildman–Crippen MR) is 60.0 cm³/mol. The highest BCUT2D eigenvalue weighted by atomic mass is 16.5. The summed E-state index contributed by atoms with van der Waals surface area (Å²) in [5.41, 5.74) is 6.99. The van der Waals surface area contributed by atoms with Gasteiger partial charge in [0, 0.05) is 25.6 Å². The Morgan fingerprint density at radius 1 is 1.44 bits per heavy atom. The Hall–Kier alpha value is -1.88. The van der Waals surface area contributed by atoms with Crippen molar-refractivity contribution in [2.24, 2.45) is 12.8 Å². The highest BCUT2D eigenvalue weighted by Gasteiger charge is 2.14. The smallest absolute Gasteiger partial charge is 0.137 e. The number of methoxy groups -OCH3 is 1. The maximum Gasteiger partial charge on any atom is 0.137 e. The molecule has 0 radical (unpaired) electrons. The molecule has 5 heteroatoms.